The molecule has 0 aliphatic carbocycles. The third kappa shape index (κ3) is 5.34. The summed E-state index contributed by atoms with van der Waals surface area (Å²) in [5.41, 5.74) is 5.50. The van der Waals surface area contributed by atoms with E-state index in [-0.39, 0.29) is 6.61 Å². The van der Waals surface area contributed by atoms with E-state index in [1.807, 2.05) is 6.92 Å². The normalized spacial score (nSPS) is 25.4. The molecule has 1 fully saturated rings. The second-order valence-corrected chi connectivity index (χ2v) is 5.95. The zero-order valence-electron chi connectivity index (χ0n) is 11.7. The van der Waals surface area contributed by atoms with E-state index < -0.39 is 5.54 Å². The minimum absolute atomic E-state index is 0.0715. The van der Waals surface area contributed by atoms with Gasteiger partial charge in [-0.2, -0.15) is 0 Å². The summed E-state index contributed by atoms with van der Waals surface area (Å²) in [4.78, 5) is 4.84. The van der Waals surface area contributed by atoms with E-state index in [4.69, 9.17) is 10.8 Å². The molecule has 0 aromatic carbocycles. The summed E-state index contributed by atoms with van der Waals surface area (Å²) in [7, 11) is 4.40. The molecule has 2 unspecified atom stereocenters. The number of likely N-dealkylation sites (N-methyl/N-ethyl adjacent to an activating group) is 2. The van der Waals surface area contributed by atoms with Crippen LogP contribution in [0, 0.1) is 0 Å². The maximum atomic E-state index is 9.08. The molecule has 0 saturated carbocycles. The van der Waals surface area contributed by atoms with Gasteiger partial charge >= 0.3 is 0 Å². The van der Waals surface area contributed by atoms with Gasteiger partial charge in [-0.3, -0.25) is 0 Å². The summed E-state index contributed by atoms with van der Waals surface area (Å²) < 4.78 is 0. The molecule has 0 amide bonds. The van der Waals surface area contributed by atoms with Crippen molar-refractivity contribution >= 4 is 0 Å². The van der Waals surface area contributed by atoms with Crippen molar-refractivity contribution in [2.24, 2.45) is 5.73 Å². The van der Waals surface area contributed by atoms with Crippen LogP contribution >= 0.6 is 0 Å². The van der Waals surface area contributed by atoms with Crippen LogP contribution in [0.5, 0.6) is 0 Å². The van der Waals surface area contributed by atoms with Gasteiger partial charge in [-0.1, -0.05) is 0 Å². The first-order valence-electron chi connectivity index (χ1n) is 6.73. The third-order valence-corrected chi connectivity index (χ3v) is 3.84. The number of nitrogens with two attached hydrogens (primary N) is 1. The number of aliphatic hydroxyl groups excluding tert-OH is 1. The van der Waals surface area contributed by atoms with Crippen LogP contribution < -0.4 is 5.73 Å². The second kappa shape index (κ2) is 6.69. The summed E-state index contributed by atoms with van der Waals surface area (Å²) in [5, 5.41) is 9.08. The highest BCUT2D eigenvalue weighted by Crippen LogP contribution is 2.16. The van der Waals surface area contributed by atoms with Gasteiger partial charge in [0, 0.05) is 18.1 Å². The van der Waals surface area contributed by atoms with E-state index >= 15 is 0 Å². The maximum absolute atomic E-state index is 9.08. The third-order valence-electron chi connectivity index (χ3n) is 3.84. The first-order valence-corrected chi connectivity index (χ1v) is 6.73. The average Bonchev–Trinajstić information content (AvgIpc) is 2.64. The van der Waals surface area contributed by atoms with Crippen LogP contribution in [0.15, 0.2) is 0 Å². The standard InChI is InChI=1S/C13H29N3O/c1-13(14,11-17)7-5-8-15(2)10-12-6-4-9-16(12)3/h12,17H,4-11,14H2,1-3H3. The molecule has 1 aliphatic heterocycles. The van der Waals surface area contributed by atoms with Gasteiger partial charge in [0.15, 0.2) is 0 Å². The lowest BCUT2D eigenvalue weighted by molar-refractivity contribution is 0.183. The fraction of sp³-hybridized carbons (Fsp3) is 1.00. The van der Waals surface area contributed by atoms with Crippen LogP contribution in [0.1, 0.15) is 32.6 Å². The quantitative estimate of drug-likeness (QED) is 0.684. The number of nitrogens with zero attached hydrogens (tertiary/aromatic N) is 2. The Morgan fingerprint density at radius 2 is 2.24 bits per heavy atom. The van der Waals surface area contributed by atoms with E-state index in [0.717, 1.165) is 32.0 Å². The molecule has 3 N–H and O–H groups in total. The first-order chi connectivity index (χ1) is 7.94. The van der Waals surface area contributed by atoms with Crippen LogP contribution in [0.2, 0.25) is 0 Å². The molecular formula is C13H29N3O. The predicted molar refractivity (Wildman–Crippen MR) is 72.1 cm³/mol. The SMILES string of the molecule is CN(CCCC(C)(N)CO)CC1CCCN1C. The largest absolute Gasteiger partial charge is 0.394 e. The van der Waals surface area contributed by atoms with Crippen molar-refractivity contribution in [3.8, 4) is 0 Å². The summed E-state index contributed by atoms with van der Waals surface area (Å²) >= 11 is 0. The molecular weight excluding hydrogens is 214 g/mol. The Bertz CT molecular complexity index is 221. The Kier molecular flexibility index (Phi) is 5.86. The fourth-order valence-corrected chi connectivity index (χ4v) is 2.49. The molecule has 0 aromatic heterocycles. The lowest BCUT2D eigenvalue weighted by atomic mass is 9.98. The number of aliphatic hydroxyl groups is 1. The molecule has 1 aliphatic rings. The van der Waals surface area contributed by atoms with Crippen molar-refractivity contribution in [2.75, 3.05) is 40.3 Å². The highest BCUT2D eigenvalue weighted by Gasteiger charge is 2.22. The topological polar surface area (TPSA) is 52.7 Å². The monoisotopic (exact) mass is 243 g/mol. The molecule has 0 aromatic rings. The lowest BCUT2D eigenvalue weighted by Crippen LogP contribution is -2.41. The first kappa shape index (κ1) is 14.9. The smallest absolute Gasteiger partial charge is 0.0608 e. The highest BCUT2D eigenvalue weighted by atomic mass is 16.3. The van der Waals surface area contributed by atoms with Crippen LogP contribution in [-0.4, -0.2) is 66.8 Å². The molecule has 1 heterocycles. The van der Waals surface area contributed by atoms with Crippen LogP contribution in [-0.2, 0) is 0 Å². The second-order valence-electron chi connectivity index (χ2n) is 5.95. The van der Waals surface area contributed by atoms with Gasteiger partial charge in [0.25, 0.3) is 0 Å². The van der Waals surface area contributed by atoms with Crippen LogP contribution in [0.4, 0.5) is 0 Å². The van der Waals surface area contributed by atoms with Crippen molar-refractivity contribution in [1.82, 2.24) is 9.80 Å². The van der Waals surface area contributed by atoms with E-state index in [1.54, 1.807) is 0 Å². The Morgan fingerprint density at radius 3 is 2.76 bits per heavy atom. The van der Waals surface area contributed by atoms with Gasteiger partial charge in [-0.05, 0) is 59.8 Å². The van der Waals surface area contributed by atoms with Gasteiger partial charge in [-0.15, -0.1) is 0 Å². The number of rotatable bonds is 7. The Labute approximate surface area is 106 Å². The summed E-state index contributed by atoms with van der Waals surface area (Å²) in [6.07, 6.45) is 4.60. The minimum Gasteiger partial charge on any atom is -0.394 e. The average molecular weight is 243 g/mol. The summed E-state index contributed by atoms with van der Waals surface area (Å²) in [6, 6.07) is 0.724. The summed E-state index contributed by atoms with van der Waals surface area (Å²) in [6.45, 7) is 5.44. The molecule has 102 valence electrons. The number of hydrogen-bond acceptors (Lipinski definition) is 4. The lowest BCUT2D eigenvalue weighted by Gasteiger charge is -2.27. The number of likely N-dealkylation sites (tertiary alicyclic amines) is 1. The maximum Gasteiger partial charge on any atom is 0.0608 e. The van der Waals surface area contributed by atoms with E-state index in [0.29, 0.717) is 0 Å². The molecule has 0 radical (unpaired) electrons. The zero-order valence-corrected chi connectivity index (χ0v) is 11.7. The molecule has 0 spiro atoms. The Balaban J connectivity index is 2.15. The molecule has 2 atom stereocenters. The van der Waals surface area contributed by atoms with Crippen LogP contribution in [0.3, 0.4) is 0 Å². The van der Waals surface area contributed by atoms with Gasteiger partial charge in [0.05, 0.1) is 6.61 Å². The fourth-order valence-electron chi connectivity index (χ4n) is 2.49. The van der Waals surface area contributed by atoms with Crippen molar-refractivity contribution < 1.29 is 5.11 Å². The van der Waals surface area contributed by atoms with Crippen molar-refractivity contribution in [3.63, 3.8) is 0 Å². The van der Waals surface area contributed by atoms with Crippen molar-refractivity contribution in [1.29, 1.82) is 0 Å². The zero-order chi connectivity index (χ0) is 12.9. The predicted octanol–water partition coefficient (Wildman–Crippen LogP) is 0.502. The molecule has 4 heteroatoms. The molecule has 17 heavy (non-hydrogen) atoms. The summed E-state index contributed by atoms with van der Waals surface area (Å²) in [5.74, 6) is 0. The molecule has 4 nitrogen and oxygen atoms in total. The Morgan fingerprint density at radius 1 is 1.53 bits per heavy atom. The van der Waals surface area contributed by atoms with Gasteiger partial charge < -0.3 is 20.6 Å². The molecule has 1 saturated heterocycles. The molecule has 1 rings (SSSR count). The van der Waals surface area contributed by atoms with E-state index in [1.165, 1.54) is 19.4 Å². The van der Waals surface area contributed by atoms with Crippen molar-refractivity contribution in [3.05, 3.63) is 0 Å². The molecule has 0 bridgehead atoms. The van der Waals surface area contributed by atoms with E-state index in [9.17, 15) is 0 Å². The Hall–Kier alpha value is -0.160. The van der Waals surface area contributed by atoms with Crippen molar-refractivity contribution in [2.45, 2.75) is 44.2 Å². The van der Waals surface area contributed by atoms with E-state index in [2.05, 4.69) is 23.9 Å². The minimum atomic E-state index is -0.412. The van der Waals surface area contributed by atoms with Crippen LogP contribution in [0.25, 0.3) is 0 Å². The van der Waals surface area contributed by atoms with Gasteiger partial charge in [-0.25, -0.2) is 0 Å². The van der Waals surface area contributed by atoms with Gasteiger partial charge in [0.2, 0.25) is 0 Å². The highest BCUT2D eigenvalue weighted by molar-refractivity contribution is 4.80. The number of hydrogen-bond donors (Lipinski definition) is 2. The van der Waals surface area contributed by atoms with Gasteiger partial charge in [0.1, 0.15) is 0 Å².